The highest BCUT2D eigenvalue weighted by atomic mass is 16.3. The van der Waals surface area contributed by atoms with Crippen molar-refractivity contribution in [3.8, 4) is 0 Å². The molecule has 0 saturated heterocycles. The molecule has 0 aromatic carbocycles. The lowest BCUT2D eigenvalue weighted by molar-refractivity contribution is -0.121. The summed E-state index contributed by atoms with van der Waals surface area (Å²) >= 11 is 0. The summed E-state index contributed by atoms with van der Waals surface area (Å²) < 4.78 is 0. The first kappa shape index (κ1) is 11.9. The van der Waals surface area contributed by atoms with E-state index in [1.165, 1.54) is 0 Å². The molecule has 0 aliphatic carbocycles. The zero-order chi connectivity index (χ0) is 11.1. The Kier molecular flexibility index (Phi) is 4.98. The third-order valence-corrected chi connectivity index (χ3v) is 2.56. The lowest BCUT2D eigenvalue weighted by Gasteiger charge is -2.11. The molecule has 0 aliphatic rings. The Morgan fingerprint density at radius 2 is 2.33 bits per heavy atom. The van der Waals surface area contributed by atoms with Crippen LogP contribution < -0.4 is 0 Å². The fourth-order valence-corrected chi connectivity index (χ4v) is 1.59. The highest BCUT2D eigenvalue weighted by Crippen LogP contribution is 2.13. The van der Waals surface area contributed by atoms with Gasteiger partial charge >= 0.3 is 0 Å². The Hall–Kier alpha value is -1.22. The molecular weight excluding hydrogens is 190 g/mol. The summed E-state index contributed by atoms with van der Waals surface area (Å²) in [6.45, 7) is 1.67. The lowest BCUT2D eigenvalue weighted by atomic mass is 9.94. The lowest BCUT2D eigenvalue weighted by Crippen LogP contribution is -2.13. The van der Waals surface area contributed by atoms with Gasteiger partial charge in [0.1, 0.15) is 5.78 Å². The molecule has 1 aromatic heterocycles. The number of carbonyl (C=O) groups is 1. The molecule has 1 rings (SSSR count). The number of pyridine rings is 1. The summed E-state index contributed by atoms with van der Waals surface area (Å²) in [5.41, 5.74) is 1.14. The molecule has 0 bridgehead atoms. The van der Waals surface area contributed by atoms with E-state index in [1.54, 1.807) is 13.1 Å². The first-order chi connectivity index (χ1) is 7.24. The maximum absolute atomic E-state index is 11.2. The number of hydrogen-bond donors (Lipinski definition) is 1. The molecule has 82 valence electrons. The van der Waals surface area contributed by atoms with Gasteiger partial charge in [-0.1, -0.05) is 6.07 Å². The smallest absolute Gasteiger partial charge is 0.133 e. The van der Waals surface area contributed by atoms with Gasteiger partial charge in [0.15, 0.2) is 0 Å². The second-order valence-electron chi connectivity index (χ2n) is 3.72. The normalized spacial score (nSPS) is 12.4. The van der Waals surface area contributed by atoms with Crippen molar-refractivity contribution >= 4 is 5.78 Å². The van der Waals surface area contributed by atoms with Crippen LogP contribution in [0.2, 0.25) is 0 Å². The van der Waals surface area contributed by atoms with E-state index in [4.69, 9.17) is 5.11 Å². The summed E-state index contributed by atoms with van der Waals surface area (Å²) in [4.78, 5) is 15.2. The van der Waals surface area contributed by atoms with Crippen molar-refractivity contribution in [2.24, 2.45) is 5.92 Å². The Bertz CT molecular complexity index is 298. The molecule has 0 radical (unpaired) electrons. The van der Waals surface area contributed by atoms with E-state index in [2.05, 4.69) is 4.98 Å². The van der Waals surface area contributed by atoms with E-state index in [1.807, 2.05) is 18.3 Å². The van der Waals surface area contributed by atoms with Crippen LogP contribution in [-0.2, 0) is 11.2 Å². The summed E-state index contributed by atoms with van der Waals surface area (Å²) in [5.74, 6) is 0.142. The second-order valence-corrected chi connectivity index (χ2v) is 3.72. The number of Topliss-reactive ketones (excluding diaryl/α,β-unsaturated/α-hetero) is 1. The van der Waals surface area contributed by atoms with Gasteiger partial charge in [0, 0.05) is 24.9 Å². The Morgan fingerprint density at radius 1 is 1.53 bits per heavy atom. The summed E-state index contributed by atoms with van der Waals surface area (Å²) in [7, 11) is 0. The Balaban J connectivity index is 2.43. The van der Waals surface area contributed by atoms with Crippen molar-refractivity contribution in [2.75, 3.05) is 6.61 Å². The number of ketones is 1. The first-order valence-corrected chi connectivity index (χ1v) is 5.24. The van der Waals surface area contributed by atoms with Crippen molar-refractivity contribution in [3.05, 3.63) is 30.1 Å². The number of carbonyl (C=O) groups excluding carboxylic acids is 1. The molecule has 3 nitrogen and oxygen atoms in total. The number of aliphatic hydroxyl groups excluding tert-OH is 1. The number of aliphatic hydroxyl groups is 1. The highest BCUT2D eigenvalue weighted by molar-refractivity contribution is 5.78. The van der Waals surface area contributed by atoms with Crippen molar-refractivity contribution in [1.29, 1.82) is 0 Å². The second kappa shape index (κ2) is 6.30. The van der Waals surface area contributed by atoms with E-state index in [0.29, 0.717) is 6.42 Å². The van der Waals surface area contributed by atoms with Crippen LogP contribution in [0, 0.1) is 5.92 Å². The fraction of sp³-hybridized carbons (Fsp3) is 0.500. The van der Waals surface area contributed by atoms with Gasteiger partial charge in [0.05, 0.1) is 0 Å². The van der Waals surface area contributed by atoms with Gasteiger partial charge in [-0.3, -0.25) is 9.78 Å². The molecule has 1 N–H and O–H groups in total. The van der Waals surface area contributed by atoms with Crippen LogP contribution in [0.4, 0.5) is 0 Å². The molecule has 1 aromatic rings. The SMILES string of the molecule is CC(=O)C(CCO)CCc1cccnc1. The Morgan fingerprint density at radius 3 is 2.87 bits per heavy atom. The van der Waals surface area contributed by atoms with Crippen LogP contribution in [0.5, 0.6) is 0 Å². The molecule has 0 spiro atoms. The van der Waals surface area contributed by atoms with Gasteiger partial charge in [-0.2, -0.15) is 0 Å². The van der Waals surface area contributed by atoms with Crippen LogP contribution in [-0.4, -0.2) is 22.5 Å². The molecule has 1 heterocycles. The van der Waals surface area contributed by atoms with Crippen molar-refractivity contribution in [2.45, 2.75) is 26.2 Å². The minimum atomic E-state index is -0.0183. The van der Waals surface area contributed by atoms with Gasteiger partial charge < -0.3 is 5.11 Å². The zero-order valence-corrected chi connectivity index (χ0v) is 9.02. The van der Waals surface area contributed by atoms with E-state index in [9.17, 15) is 4.79 Å². The minimum Gasteiger partial charge on any atom is -0.396 e. The molecule has 0 saturated carbocycles. The fourth-order valence-electron chi connectivity index (χ4n) is 1.59. The van der Waals surface area contributed by atoms with E-state index < -0.39 is 0 Å². The third kappa shape index (κ3) is 4.21. The Labute approximate surface area is 90.2 Å². The quantitative estimate of drug-likeness (QED) is 0.770. The maximum atomic E-state index is 11.2. The molecule has 1 unspecified atom stereocenters. The standard InChI is InChI=1S/C12H17NO2/c1-10(15)12(6-8-14)5-4-11-3-2-7-13-9-11/h2-3,7,9,12,14H,4-6,8H2,1H3. The summed E-state index contributed by atoms with van der Waals surface area (Å²) in [6, 6.07) is 3.90. The monoisotopic (exact) mass is 207 g/mol. The number of nitrogens with zero attached hydrogens (tertiary/aromatic N) is 1. The number of hydrogen-bond acceptors (Lipinski definition) is 3. The van der Waals surface area contributed by atoms with E-state index in [-0.39, 0.29) is 18.3 Å². The molecule has 0 fully saturated rings. The highest BCUT2D eigenvalue weighted by Gasteiger charge is 2.13. The van der Waals surface area contributed by atoms with Gasteiger partial charge in [-0.15, -0.1) is 0 Å². The number of aryl methyl sites for hydroxylation is 1. The minimum absolute atomic E-state index is 0.0183. The predicted molar refractivity (Wildman–Crippen MR) is 58.4 cm³/mol. The maximum Gasteiger partial charge on any atom is 0.133 e. The average Bonchev–Trinajstić information content (AvgIpc) is 2.25. The largest absolute Gasteiger partial charge is 0.396 e. The van der Waals surface area contributed by atoms with Crippen molar-refractivity contribution in [3.63, 3.8) is 0 Å². The number of aromatic nitrogens is 1. The molecule has 0 amide bonds. The van der Waals surface area contributed by atoms with Gasteiger partial charge in [0.25, 0.3) is 0 Å². The molecule has 0 aliphatic heterocycles. The van der Waals surface area contributed by atoms with Gasteiger partial charge in [-0.05, 0) is 37.8 Å². The first-order valence-electron chi connectivity index (χ1n) is 5.24. The van der Waals surface area contributed by atoms with E-state index >= 15 is 0 Å². The topological polar surface area (TPSA) is 50.2 Å². The van der Waals surface area contributed by atoms with Crippen LogP contribution in [0.3, 0.4) is 0 Å². The van der Waals surface area contributed by atoms with Crippen LogP contribution in [0.15, 0.2) is 24.5 Å². The van der Waals surface area contributed by atoms with Crippen molar-refractivity contribution < 1.29 is 9.90 Å². The predicted octanol–water partition coefficient (Wildman–Crippen LogP) is 1.60. The zero-order valence-electron chi connectivity index (χ0n) is 9.02. The summed E-state index contributed by atoms with van der Waals surface area (Å²) in [5, 5.41) is 8.82. The van der Waals surface area contributed by atoms with Gasteiger partial charge in [0.2, 0.25) is 0 Å². The molecule has 15 heavy (non-hydrogen) atoms. The van der Waals surface area contributed by atoms with E-state index in [0.717, 1.165) is 18.4 Å². The number of rotatable bonds is 6. The molecular formula is C12H17NO2. The van der Waals surface area contributed by atoms with Crippen molar-refractivity contribution in [1.82, 2.24) is 4.98 Å². The molecule has 3 heteroatoms. The van der Waals surface area contributed by atoms with Crippen LogP contribution in [0.25, 0.3) is 0 Å². The van der Waals surface area contributed by atoms with Crippen LogP contribution in [0.1, 0.15) is 25.3 Å². The third-order valence-electron chi connectivity index (χ3n) is 2.56. The summed E-state index contributed by atoms with van der Waals surface area (Å²) in [6.07, 6.45) is 5.76. The average molecular weight is 207 g/mol. The molecule has 1 atom stereocenters. The van der Waals surface area contributed by atoms with Crippen LogP contribution >= 0.6 is 0 Å². The van der Waals surface area contributed by atoms with Gasteiger partial charge in [-0.25, -0.2) is 0 Å².